The van der Waals surface area contributed by atoms with Gasteiger partial charge < -0.3 is 20.6 Å². The van der Waals surface area contributed by atoms with Gasteiger partial charge in [0.2, 0.25) is 0 Å². The van der Waals surface area contributed by atoms with Gasteiger partial charge in [0.1, 0.15) is 17.1 Å². The van der Waals surface area contributed by atoms with Crippen molar-refractivity contribution in [1.29, 1.82) is 0 Å². The molecular formula is C13H17NO5. The molecule has 0 bridgehead atoms. The van der Waals surface area contributed by atoms with Crippen molar-refractivity contribution in [2.45, 2.75) is 19.8 Å². The Kier molecular flexibility index (Phi) is 5.17. The second kappa shape index (κ2) is 6.63. The molecule has 0 aliphatic carbocycles. The van der Waals surface area contributed by atoms with Crippen LogP contribution in [0.1, 0.15) is 30.1 Å². The lowest BCUT2D eigenvalue weighted by atomic mass is 10.0. The quantitative estimate of drug-likeness (QED) is 0.622. The molecule has 0 saturated carbocycles. The number of aliphatic carboxylic acids is 1. The zero-order valence-corrected chi connectivity index (χ0v) is 10.6. The highest BCUT2D eigenvalue weighted by Gasteiger charge is 2.18. The number of carbonyl (C=O) groups excluding carboxylic acids is 1. The van der Waals surface area contributed by atoms with E-state index in [1.54, 1.807) is 0 Å². The first kappa shape index (κ1) is 14.8. The predicted octanol–water partition coefficient (Wildman–Crippen LogP) is 1.33. The summed E-state index contributed by atoms with van der Waals surface area (Å²) in [5, 5.41) is 30.2. The highest BCUT2D eigenvalue weighted by molar-refractivity contribution is 5.99. The molecular weight excluding hydrogens is 250 g/mol. The third-order valence-corrected chi connectivity index (χ3v) is 2.84. The van der Waals surface area contributed by atoms with Crippen LogP contribution in [-0.4, -0.2) is 33.7 Å². The molecule has 1 rings (SSSR count). The smallest absolute Gasteiger partial charge is 0.303 e. The molecule has 104 valence electrons. The van der Waals surface area contributed by atoms with Crippen LogP contribution in [0, 0.1) is 5.92 Å². The Balaban J connectivity index is 2.67. The lowest BCUT2D eigenvalue weighted by molar-refractivity contribution is -0.138. The number of amides is 1. The van der Waals surface area contributed by atoms with Gasteiger partial charge in [-0.3, -0.25) is 9.59 Å². The van der Waals surface area contributed by atoms with Crippen LogP contribution >= 0.6 is 0 Å². The van der Waals surface area contributed by atoms with Gasteiger partial charge in [-0.25, -0.2) is 0 Å². The predicted molar refractivity (Wildman–Crippen MR) is 68.1 cm³/mol. The molecule has 0 saturated heterocycles. The normalized spacial score (nSPS) is 11.8. The second-order valence-corrected chi connectivity index (χ2v) is 4.25. The summed E-state index contributed by atoms with van der Waals surface area (Å²) in [6.45, 7) is 2.01. The summed E-state index contributed by atoms with van der Waals surface area (Å²) in [5.41, 5.74) is -0.201. The maximum absolute atomic E-state index is 11.8. The molecule has 0 aliphatic heterocycles. The van der Waals surface area contributed by atoms with Gasteiger partial charge in [0.05, 0.1) is 0 Å². The Morgan fingerprint density at radius 1 is 1.26 bits per heavy atom. The number of carbonyl (C=O) groups is 2. The Morgan fingerprint density at radius 3 is 2.32 bits per heavy atom. The van der Waals surface area contributed by atoms with Gasteiger partial charge in [-0.15, -0.1) is 0 Å². The zero-order valence-electron chi connectivity index (χ0n) is 10.6. The molecule has 4 N–H and O–H groups in total. The SMILES string of the molecule is CCC(CNC(=O)c1c(O)cccc1O)CC(=O)O. The molecule has 0 heterocycles. The highest BCUT2D eigenvalue weighted by atomic mass is 16.4. The van der Waals surface area contributed by atoms with Crippen LogP contribution in [0.3, 0.4) is 0 Å². The lowest BCUT2D eigenvalue weighted by Crippen LogP contribution is -2.30. The fraction of sp³-hybridized carbons (Fsp3) is 0.385. The first-order valence-corrected chi connectivity index (χ1v) is 5.96. The summed E-state index contributed by atoms with van der Waals surface area (Å²) in [5.74, 6) is -2.37. The van der Waals surface area contributed by atoms with E-state index in [9.17, 15) is 19.8 Å². The Morgan fingerprint density at radius 2 is 1.84 bits per heavy atom. The Bertz CT molecular complexity index is 452. The van der Waals surface area contributed by atoms with E-state index in [1.807, 2.05) is 6.92 Å². The number of hydrogen-bond acceptors (Lipinski definition) is 4. The van der Waals surface area contributed by atoms with Crippen molar-refractivity contribution in [1.82, 2.24) is 5.32 Å². The molecule has 6 nitrogen and oxygen atoms in total. The Hall–Kier alpha value is -2.24. The summed E-state index contributed by atoms with van der Waals surface area (Å²) in [4.78, 5) is 22.4. The van der Waals surface area contributed by atoms with E-state index in [-0.39, 0.29) is 35.9 Å². The monoisotopic (exact) mass is 267 g/mol. The van der Waals surface area contributed by atoms with Crippen LogP contribution in [0.25, 0.3) is 0 Å². The van der Waals surface area contributed by atoms with Crippen molar-refractivity contribution >= 4 is 11.9 Å². The van der Waals surface area contributed by atoms with Crippen molar-refractivity contribution in [2.75, 3.05) is 6.54 Å². The van der Waals surface area contributed by atoms with Gasteiger partial charge in [0.25, 0.3) is 5.91 Å². The van der Waals surface area contributed by atoms with Crippen molar-refractivity contribution < 1.29 is 24.9 Å². The molecule has 1 unspecified atom stereocenters. The summed E-state index contributed by atoms with van der Waals surface area (Å²) in [6, 6.07) is 4.01. The van der Waals surface area contributed by atoms with Gasteiger partial charge in [0.15, 0.2) is 0 Å². The second-order valence-electron chi connectivity index (χ2n) is 4.25. The minimum Gasteiger partial charge on any atom is -0.507 e. The molecule has 0 aliphatic rings. The number of phenolic OH excluding ortho intramolecular Hbond substituents is 2. The molecule has 0 aromatic heterocycles. The van der Waals surface area contributed by atoms with Crippen LogP contribution in [0.15, 0.2) is 18.2 Å². The standard InChI is InChI=1S/C13H17NO5/c1-2-8(6-11(17)18)7-14-13(19)12-9(15)4-3-5-10(12)16/h3-5,8,15-16H,2,6-7H2,1H3,(H,14,19)(H,17,18). The van der Waals surface area contributed by atoms with Gasteiger partial charge in [-0.1, -0.05) is 19.4 Å². The fourth-order valence-corrected chi connectivity index (χ4v) is 1.69. The molecule has 1 atom stereocenters. The number of carboxylic acid groups (broad SMARTS) is 1. The molecule has 6 heteroatoms. The summed E-state index contributed by atoms with van der Waals surface area (Å²) < 4.78 is 0. The average Bonchev–Trinajstić information content (AvgIpc) is 2.33. The summed E-state index contributed by atoms with van der Waals surface area (Å²) >= 11 is 0. The maximum Gasteiger partial charge on any atom is 0.303 e. The third kappa shape index (κ3) is 4.17. The van der Waals surface area contributed by atoms with Crippen molar-refractivity contribution in [3.8, 4) is 11.5 Å². The number of benzene rings is 1. The molecule has 1 amide bonds. The van der Waals surface area contributed by atoms with E-state index < -0.39 is 11.9 Å². The van der Waals surface area contributed by atoms with Crippen LogP contribution in [0.5, 0.6) is 11.5 Å². The molecule has 1 aromatic carbocycles. The van der Waals surface area contributed by atoms with E-state index in [0.29, 0.717) is 6.42 Å². The van der Waals surface area contributed by atoms with Gasteiger partial charge in [-0.05, 0) is 18.1 Å². The molecule has 0 radical (unpaired) electrons. The summed E-state index contributed by atoms with van der Waals surface area (Å²) in [7, 11) is 0. The number of phenols is 2. The number of aromatic hydroxyl groups is 2. The van der Waals surface area contributed by atoms with E-state index in [0.717, 1.165) is 0 Å². The van der Waals surface area contributed by atoms with Crippen LogP contribution in [-0.2, 0) is 4.79 Å². The number of carboxylic acids is 1. The van der Waals surface area contributed by atoms with E-state index in [4.69, 9.17) is 5.11 Å². The highest BCUT2D eigenvalue weighted by Crippen LogP contribution is 2.25. The first-order chi connectivity index (χ1) is 8.95. The van der Waals surface area contributed by atoms with Crippen molar-refractivity contribution in [3.63, 3.8) is 0 Å². The zero-order chi connectivity index (χ0) is 14.4. The minimum atomic E-state index is -0.925. The van der Waals surface area contributed by atoms with Crippen LogP contribution < -0.4 is 5.32 Å². The van der Waals surface area contributed by atoms with E-state index in [1.165, 1.54) is 18.2 Å². The van der Waals surface area contributed by atoms with E-state index >= 15 is 0 Å². The number of rotatable bonds is 6. The average molecular weight is 267 g/mol. The van der Waals surface area contributed by atoms with Gasteiger partial charge >= 0.3 is 5.97 Å². The largest absolute Gasteiger partial charge is 0.507 e. The number of nitrogens with one attached hydrogen (secondary N) is 1. The van der Waals surface area contributed by atoms with Crippen LogP contribution in [0.4, 0.5) is 0 Å². The van der Waals surface area contributed by atoms with Crippen molar-refractivity contribution in [2.24, 2.45) is 5.92 Å². The van der Waals surface area contributed by atoms with Gasteiger partial charge in [-0.2, -0.15) is 0 Å². The summed E-state index contributed by atoms with van der Waals surface area (Å²) in [6.07, 6.45) is 0.572. The van der Waals surface area contributed by atoms with Gasteiger partial charge in [0, 0.05) is 13.0 Å². The molecule has 19 heavy (non-hydrogen) atoms. The lowest BCUT2D eigenvalue weighted by Gasteiger charge is -2.14. The maximum atomic E-state index is 11.8. The molecule has 1 aromatic rings. The topological polar surface area (TPSA) is 107 Å². The third-order valence-electron chi connectivity index (χ3n) is 2.84. The van der Waals surface area contributed by atoms with E-state index in [2.05, 4.69) is 5.32 Å². The fourth-order valence-electron chi connectivity index (χ4n) is 1.69. The van der Waals surface area contributed by atoms with Crippen LogP contribution in [0.2, 0.25) is 0 Å². The Labute approximate surface area is 110 Å². The van der Waals surface area contributed by atoms with Crippen molar-refractivity contribution in [3.05, 3.63) is 23.8 Å². The molecule has 0 spiro atoms. The molecule has 0 fully saturated rings. The minimum absolute atomic E-state index is 0.0382. The number of hydrogen-bond donors (Lipinski definition) is 4. The first-order valence-electron chi connectivity index (χ1n) is 5.96.